The van der Waals surface area contributed by atoms with E-state index in [1.807, 2.05) is 19.1 Å². The Morgan fingerprint density at radius 2 is 2.12 bits per heavy atom. The SMILES string of the molecule is C=CCCCO/N=C(\C)CCc1ccccc1. The number of oxime groups is 1. The van der Waals surface area contributed by atoms with Gasteiger partial charge in [0.1, 0.15) is 6.61 Å². The summed E-state index contributed by atoms with van der Waals surface area (Å²) in [6.07, 6.45) is 5.84. The standard InChI is InChI=1S/C15H21NO/c1-3-4-8-13-17-16-14(2)11-12-15-9-6-5-7-10-15/h3,5-7,9-10H,1,4,8,11-13H2,2H3/b16-14+. The lowest BCUT2D eigenvalue weighted by molar-refractivity contribution is 0.141. The lowest BCUT2D eigenvalue weighted by Crippen LogP contribution is -1.97. The second-order valence-corrected chi connectivity index (χ2v) is 4.08. The van der Waals surface area contributed by atoms with Crippen LogP contribution in [0.3, 0.4) is 0 Å². The van der Waals surface area contributed by atoms with Gasteiger partial charge in [0, 0.05) is 0 Å². The Morgan fingerprint density at radius 3 is 2.82 bits per heavy atom. The highest BCUT2D eigenvalue weighted by Crippen LogP contribution is 2.03. The fourth-order valence-electron chi connectivity index (χ4n) is 1.46. The molecule has 0 aromatic heterocycles. The Bertz CT molecular complexity index is 343. The normalized spacial score (nSPS) is 11.2. The average Bonchev–Trinajstić information content (AvgIpc) is 2.37. The van der Waals surface area contributed by atoms with Crippen molar-refractivity contribution in [3.8, 4) is 0 Å². The summed E-state index contributed by atoms with van der Waals surface area (Å²) in [7, 11) is 0. The van der Waals surface area contributed by atoms with Crippen LogP contribution in [0, 0.1) is 0 Å². The van der Waals surface area contributed by atoms with Crippen molar-refractivity contribution in [3.05, 3.63) is 48.6 Å². The number of aryl methyl sites for hydroxylation is 1. The molecule has 1 rings (SSSR count). The van der Waals surface area contributed by atoms with Gasteiger partial charge in [0.05, 0.1) is 5.71 Å². The topological polar surface area (TPSA) is 21.6 Å². The molecule has 0 unspecified atom stereocenters. The van der Waals surface area contributed by atoms with Crippen molar-refractivity contribution in [2.24, 2.45) is 5.16 Å². The first-order valence-electron chi connectivity index (χ1n) is 6.13. The number of rotatable bonds is 8. The zero-order valence-corrected chi connectivity index (χ0v) is 10.6. The summed E-state index contributed by atoms with van der Waals surface area (Å²) in [5.74, 6) is 0. The maximum Gasteiger partial charge on any atom is 0.117 e. The second-order valence-electron chi connectivity index (χ2n) is 4.08. The van der Waals surface area contributed by atoms with Gasteiger partial charge in [0.25, 0.3) is 0 Å². The molecule has 2 nitrogen and oxygen atoms in total. The third-order valence-corrected chi connectivity index (χ3v) is 2.48. The number of benzene rings is 1. The maximum atomic E-state index is 5.23. The van der Waals surface area contributed by atoms with Crippen molar-refractivity contribution < 1.29 is 4.84 Å². The molecule has 0 radical (unpaired) electrons. The zero-order valence-electron chi connectivity index (χ0n) is 10.6. The van der Waals surface area contributed by atoms with E-state index in [0.717, 1.165) is 31.4 Å². The largest absolute Gasteiger partial charge is 0.396 e. The number of hydrogen-bond donors (Lipinski definition) is 0. The smallest absolute Gasteiger partial charge is 0.117 e. The van der Waals surface area contributed by atoms with Crippen LogP contribution in [0.2, 0.25) is 0 Å². The van der Waals surface area contributed by atoms with Gasteiger partial charge in [-0.2, -0.15) is 0 Å². The zero-order chi connectivity index (χ0) is 12.3. The van der Waals surface area contributed by atoms with E-state index in [2.05, 4.69) is 36.0 Å². The van der Waals surface area contributed by atoms with Gasteiger partial charge in [0.2, 0.25) is 0 Å². The molecule has 92 valence electrons. The first-order chi connectivity index (χ1) is 8.33. The molecular weight excluding hydrogens is 210 g/mol. The molecule has 0 N–H and O–H groups in total. The van der Waals surface area contributed by atoms with Crippen molar-refractivity contribution in [3.63, 3.8) is 0 Å². The summed E-state index contributed by atoms with van der Waals surface area (Å²) >= 11 is 0. The van der Waals surface area contributed by atoms with Crippen LogP contribution >= 0.6 is 0 Å². The lowest BCUT2D eigenvalue weighted by atomic mass is 10.1. The molecule has 0 aliphatic rings. The summed E-state index contributed by atoms with van der Waals surface area (Å²) in [5.41, 5.74) is 2.39. The second kappa shape index (κ2) is 8.57. The summed E-state index contributed by atoms with van der Waals surface area (Å²) in [6.45, 7) is 6.35. The van der Waals surface area contributed by atoms with E-state index >= 15 is 0 Å². The van der Waals surface area contributed by atoms with Crippen LogP contribution in [0.1, 0.15) is 31.7 Å². The van der Waals surface area contributed by atoms with Gasteiger partial charge in [-0.25, -0.2) is 0 Å². The van der Waals surface area contributed by atoms with Crippen LogP contribution in [0.15, 0.2) is 48.1 Å². The van der Waals surface area contributed by atoms with E-state index in [1.54, 1.807) is 0 Å². The highest BCUT2D eigenvalue weighted by molar-refractivity contribution is 5.81. The van der Waals surface area contributed by atoms with E-state index in [-0.39, 0.29) is 0 Å². The van der Waals surface area contributed by atoms with Crippen LogP contribution in [0.4, 0.5) is 0 Å². The summed E-state index contributed by atoms with van der Waals surface area (Å²) < 4.78 is 0. The minimum atomic E-state index is 0.675. The van der Waals surface area contributed by atoms with E-state index in [9.17, 15) is 0 Å². The van der Waals surface area contributed by atoms with Gasteiger partial charge in [0.15, 0.2) is 0 Å². The first kappa shape index (κ1) is 13.5. The molecular formula is C15H21NO. The fraction of sp³-hybridized carbons (Fsp3) is 0.400. The molecule has 0 amide bonds. The van der Waals surface area contributed by atoms with Crippen LogP contribution in [0.5, 0.6) is 0 Å². The molecule has 1 aromatic rings. The van der Waals surface area contributed by atoms with Crippen LogP contribution in [-0.4, -0.2) is 12.3 Å². The Kier molecular flexibility index (Phi) is 6.80. The molecule has 1 aromatic carbocycles. The molecule has 0 saturated carbocycles. The van der Waals surface area contributed by atoms with Gasteiger partial charge in [-0.3, -0.25) is 0 Å². The minimum absolute atomic E-state index is 0.675. The predicted octanol–water partition coefficient (Wildman–Crippen LogP) is 3.98. The molecule has 0 atom stereocenters. The lowest BCUT2D eigenvalue weighted by Gasteiger charge is -2.02. The van der Waals surface area contributed by atoms with Crippen molar-refractivity contribution in [2.75, 3.05) is 6.61 Å². The number of hydrogen-bond acceptors (Lipinski definition) is 2. The third-order valence-electron chi connectivity index (χ3n) is 2.48. The van der Waals surface area contributed by atoms with Crippen LogP contribution < -0.4 is 0 Å². The molecule has 0 aliphatic carbocycles. The molecule has 0 heterocycles. The van der Waals surface area contributed by atoms with Crippen molar-refractivity contribution >= 4 is 5.71 Å². The predicted molar refractivity (Wildman–Crippen MR) is 73.3 cm³/mol. The first-order valence-corrected chi connectivity index (χ1v) is 6.13. The Labute approximate surface area is 104 Å². The molecule has 2 heteroatoms. The molecule has 0 spiro atoms. The van der Waals surface area contributed by atoms with E-state index in [0.29, 0.717) is 6.61 Å². The molecule has 17 heavy (non-hydrogen) atoms. The molecule has 0 fully saturated rings. The van der Waals surface area contributed by atoms with E-state index in [4.69, 9.17) is 4.84 Å². The van der Waals surface area contributed by atoms with Gasteiger partial charge < -0.3 is 4.84 Å². The molecule has 0 aliphatic heterocycles. The minimum Gasteiger partial charge on any atom is -0.396 e. The Hall–Kier alpha value is -1.57. The molecule has 0 saturated heterocycles. The van der Waals surface area contributed by atoms with Gasteiger partial charge >= 0.3 is 0 Å². The van der Waals surface area contributed by atoms with E-state index < -0.39 is 0 Å². The Morgan fingerprint density at radius 1 is 1.35 bits per heavy atom. The highest BCUT2D eigenvalue weighted by Gasteiger charge is 1.95. The fourth-order valence-corrected chi connectivity index (χ4v) is 1.46. The van der Waals surface area contributed by atoms with Gasteiger partial charge in [-0.1, -0.05) is 41.6 Å². The van der Waals surface area contributed by atoms with Crippen molar-refractivity contribution in [1.82, 2.24) is 0 Å². The van der Waals surface area contributed by atoms with Crippen LogP contribution in [-0.2, 0) is 11.3 Å². The van der Waals surface area contributed by atoms with Crippen molar-refractivity contribution in [2.45, 2.75) is 32.6 Å². The quantitative estimate of drug-likeness (QED) is 0.287. The summed E-state index contributed by atoms with van der Waals surface area (Å²) in [6, 6.07) is 10.4. The number of unbranched alkanes of at least 4 members (excludes halogenated alkanes) is 1. The summed E-state index contributed by atoms with van der Waals surface area (Å²) in [5, 5.41) is 4.09. The highest BCUT2D eigenvalue weighted by atomic mass is 16.6. The average molecular weight is 231 g/mol. The van der Waals surface area contributed by atoms with Gasteiger partial charge in [-0.15, -0.1) is 6.58 Å². The third kappa shape index (κ3) is 6.56. The monoisotopic (exact) mass is 231 g/mol. The maximum absolute atomic E-state index is 5.23. The molecule has 0 bridgehead atoms. The Balaban J connectivity index is 2.18. The summed E-state index contributed by atoms with van der Waals surface area (Å²) in [4.78, 5) is 5.23. The van der Waals surface area contributed by atoms with Crippen molar-refractivity contribution in [1.29, 1.82) is 0 Å². The number of allylic oxidation sites excluding steroid dienone is 1. The van der Waals surface area contributed by atoms with Gasteiger partial charge in [-0.05, 0) is 38.2 Å². The number of nitrogens with zero attached hydrogens (tertiary/aromatic N) is 1. The van der Waals surface area contributed by atoms with Crippen LogP contribution in [0.25, 0.3) is 0 Å². The van der Waals surface area contributed by atoms with E-state index in [1.165, 1.54) is 5.56 Å².